The molecule has 2 aliphatic rings. The summed E-state index contributed by atoms with van der Waals surface area (Å²) in [5.74, 6) is 1.61. The Morgan fingerprint density at radius 2 is 2.16 bits per heavy atom. The van der Waals surface area contributed by atoms with E-state index in [0.29, 0.717) is 6.61 Å². The van der Waals surface area contributed by atoms with Gasteiger partial charge in [-0.2, -0.15) is 0 Å². The molecular formula is C20H30N2O3. The molecule has 3 rings (SSSR count). The molecule has 2 heterocycles. The van der Waals surface area contributed by atoms with Crippen molar-refractivity contribution in [2.45, 2.75) is 38.2 Å². The lowest BCUT2D eigenvalue weighted by atomic mass is 9.93. The zero-order valence-corrected chi connectivity index (χ0v) is 15.2. The van der Waals surface area contributed by atoms with Gasteiger partial charge in [0.2, 0.25) is 0 Å². The van der Waals surface area contributed by atoms with E-state index in [1.807, 2.05) is 36.2 Å². The largest absolute Gasteiger partial charge is 0.491 e. The van der Waals surface area contributed by atoms with Crippen LogP contribution in [0.5, 0.6) is 5.75 Å². The van der Waals surface area contributed by atoms with E-state index >= 15 is 0 Å². The highest BCUT2D eigenvalue weighted by molar-refractivity contribution is 5.94. The summed E-state index contributed by atoms with van der Waals surface area (Å²) >= 11 is 0. The first-order valence-corrected chi connectivity index (χ1v) is 9.54. The predicted octanol–water partition coefficient (Wildman–Crippen LogP) is 2.71. The molecule has 1 aromatic carbocycles. The third kappa shape index (κ3) is 5.19. The molecule has 1 amide bonds. The average Bonchev–Trinajstić information content (AvgIpc) is 3.18. The second-order valence-electron chi connectivity index (χ2n) is 7.10. The molecule has 1 unspecified atom stereocenters. The summed E-state index contributed by atoms with van der Waals surface area (Å²) in [6.45, 7) is 4.16. The van der Waals surface area contributed by atoms with E-state index in [1.54, 1.807) is 0 Å². The first-order valence-electron chi connectivity index (χ1n) is 9.54. The molecule has 0 bridgehead atoms. The molecule has 2 aliphatic heterocycles. The molecule has 0 spiro atoms. The van der Waals surface area contributed by atoms with Crippen molar-refractivity contribution >= 4 is 5.91 Å². The number of piperidine rings is 1. The number of nitrogens with one attached hydrogen (secondary N) is 1. The molecule has 0 aliphatic carbocycles. The number of nitrogens with zero attached hydrogens (tertiary/aromatic N) is 1. The lowest BCUT2D eigenvalue weighted by Crippen LogP contribution is -2.39. The van der Waals surface area contributed by atoms with Crippen molar-refractivity contribution in [3.8, 4) is 5.75 Å². The van der Waals surface area contributed by atoms with Crippen molar-refractivity contribution in [1.82, 2.24) is 10.2 Å². The van der Waals surface area contributed by atoms with Crippen LogP contribution in [0.1, 0.15) is 42.5 Å². The number of hydrogen-bond acceptors (Lipinski definition) is 4. The predicted molar refractivity (Wildman–Crippen MR) is 98.1 cm³/mol. The highest BCUT2D eigenvalue weighted by Gasteiger charge is 2.23. The van der Waals surface area contributed by atoms with Gasteiger partial charge in [0.25, 0.3) is 5.91 Å². The fourth-order valence-electron chi connectivity index (χ4n) is 3.64. The van der Waals surface area contributed by atoms with E-state index < -0.39 is 0 Å². The minimum Gasteiger partial charge on any atom is -0.491 e. The highest BCUT2D eigenvalue weighted by atomic mass is 16.5. The Balaban J connectivity index is 1.51. The van der Waals surface area contributed by atoms with Gasteiger partial charge in [0.05, 0.1) is 6.10 Å². The van der Waals surface area contributed by atoms with Gasteiger partial charge >= 0.3 is 0 Å². The Morgan fingerprint density at radius 1 is 1.32 bits per heavy atom. The van der Waals surface area contributed by atoms with Crippen molar-refractivity contribution in [2.24, 2.45) is 5.92 Å². The quantitative estimate of drug-likeness (QED) is 0.825. The zero-order valence-electron chi connectivity index (χ0n) is 15.2. The van der Waals surface area contributed by atoms with Crippen molar-refractivity contribution < 1.29 is 14.3 Å². The Kier molecular flexibility index (Phi) is 6.70. The highest BCUT2D eigenvalue weighted by Crippen LogP contribution is 2.23. The van der Waals surface area contributed by atoms with Gasteiger partial charge in [-0.3, -0.25) is 4.79 Å². The second-order valence-corrected chi connectivity index (χ2v) is 7.10. The molecule has 2 saturated heterocycles. The van der Waals surface area contributed by atoms with Crippen LogP contribution in [0.4, 0.5) is 0 Å². The summed E-state index contributed by atoms with van der Waals surface area (Å²) in [5, 5.41) is 3.21. The molecule has 0 aromatic heterocycles. The van der Waals surface area contributed by atoms with E-state index in [0.717, 1.165) is 69.2 Å². The Morgan fingerprint density at radius 3 is 2.88 bits per heavy atom. The number of carbonyl (C=O) groups is 1. The Hall–Kier alpha value is -1.59. The maximum atomic E-state index is 12.8. The minimum atomic E-state index is 0.120. The van der Waals surface area contributed by atoms with Crippen LogP contribution in [-0.4, -0.2) is 56.8 Å². The van der Waals surface area contributed by atoms with Crippen LogP contribution in [0.3, 0.4) is 0 Å². The number of ether oxygens (including phenoxy) is 2. The Labute approximate surface area is 150 Å². The average molecular weight is 346 g/mol. The molecule has 1 N–H and O–H groups in total. The van der Waals surface area contributed by atoms with E-state index in [2.05, 4.69) is 5.32 Å². The van der Waals surface area contributed by atoms with Gasteiger partial charge in [-0.15, -0.1) is 0 Å². The van der Waals surface area contributed by atoms with Gasteiger partial charge in [0, 0.05) is 25.3 Å². The lowest BCUT2D eigenvalue weighted by Gasteiger charge is -2.32. The van der Waals surface area contributed by atoms with Crippen LogP contribution in [0.15, 0.2) is 24.3 Å². The van der Waals surface area contributed by atoms with Crippen molar-refractivity contribution in [1.29, 1.82) is 0 Å². The standard InChI is InChI=1S/C20H30N2O3/c1-21-10-7-16-8-11-22(12-9-16)20(23)17-4-2-5-18(14-17)25-15-19-6-3-13-24-19/h2,4-5,14,16,19,21H,3,6-13,15H2,1H3. The van der Waals surface area contributed by atoms with E-state index in [1.165, 1.54) is 6.42 Å². The third-order valence-electron chi connectivity index (χ3n) is 5.25. The van der Waals surface area contributed by atoms with Crippen molar-refractivity contribution in [3.63, 3.8) is 0 Å². The van der Waals surface area contributed by atoms with Crippen molar-refractivity contribution in [2.75, 3.05) is 39.9 Å². The number of benzene rings is 1. The van der Waals surface area contributed by atoms with Gasteiger partial charge in [-0.1, -0.05) is 6.07 Å². The number of rotatable bonds is 7. The summed E-state index contributed by atoms with van der Waals surface area (Å²) in [6, 6.07) is 7.56. The van der Waals surface area contributed by atoms with Gasteiger partial charge in [0.1, 0.15) is 12.4 Å². The van der Waals surface area contributed by atoms with Gasteiger partial charge in [0.15, 0.2) is 0 Å². The van der Waals surface area contributed by atoms with Crippen LogP contribution in [0.2, 0.25) is 0 Å². The van der Waals surface area contributed by atoms with Crippen LogP contribution in [0.25, 0.3) is 0 Å². The molecule has 0 saturated carbocycles. The molecule has 1 aromatic rings. The van der Waals surface area contributed by atoms with Crippen LogP contribution >= 0.6 is 0 Å². The summed E-state index contributed by atoms with van der Waals surface area (Å²) in [4.78, 5) is 14.7. The fourth-order valence-corrected chi connectivity index (χ4v) is 3.64. The van der Waals surface area contributed by atoms with Gasteiger partial charge in [-0.05, 0) is 69.8 Å². The van der Waals surface area contributed by atoms with E-state index in [-0.39, 0.29) is 12.0 Å². The number of amides is 1. The second kappa shape index (κ2) is 9.20. The van der Waals surface area contributed by atoms with Crippen molar-refractivity contribution in [3.05, 3.63) is 29.8 Å². The molecule has 5 nitrogen and oxygen atoms in total. The first-order chi connectivity index (χ1) is 12.3. The topological polar surface area (TPSA) is 50.8 Å². The summed E-state index contributed by atoms with van der Waals surface area (Å²) in [6.07, 6.45) is 5.75. The maximum Gasteiger partial charge on any atom is 0.253 e. The summed E-state index contributed by atoms with van der Waals surface area (Å²) in [5.41, 5.74) is 0.721. The van der Waals surface area contributed by atoms with Gasteiger partial charge in [-0.25, -0.2) is 0 Å². The number of hydrogen-bond donors (Lipinski definition) is 1. The lowest BCUT2D eigenvalue weighted by molar-refractivity contribution is 0.0669. The number of carbonyl (C=O) groups excluding carboxylic acids is 1. The summed E-state index contributed by atoms with van der Waals surface area (Å²) < 4.78 is 11.4. The molecule has 25 heavy (non-hydrogen) atoms. The van der Waals surface area contributed by atoms with Gasteiger partial charge < -0.3 is 19.7 Å². The smallest absolute Gasteiger partial charge is 0.253 e. The Bertz CT molecular complexity index is 550. The summed E-state index contributed by atoms with van der Waals surface area (Å²) in [7, 11) is 1.99. The normalized spacial score (nSPS) is 21.5. The maximum absolute atomic E-state index is 12.8. The minimum absolute atomic E-state index is 0.120. The SMILES string of the molecule is CNCCC1CCN(C(=O)c2cccc(OCC3CCCO3)c2)CC1. The van der Waals surface area contributed by atoms with Crippen LogP contribution in [0, 0.1) is 5.92 Å². The number of likely N-dealkylation sites (tertiary alicyclic amines) is 1. The van der Waals surface area contributed by atoms with E-state index in [4.69, 9.17) is 9.47 Å². The zero-order chi connectivity index (χ0) is 17.5. The van der Waals surface area contributed by atoms with Crippen LogP contribution in [-0.2, 0) is 4.74 Å². The first kappa shape index (κ1) is 18.2. The molecule has 2 fully saturated rings. The molecule has 0 radical (unpaired) electrons. The fraction of sp³-hybridized carbons (Fsp3) is 0.650. The van der Waals surface area contributed by atoms with Crippen LogP contribution < -0.4 is 10.1 Å². The molecule has 1 atom stereocenters. The van der Waals surface area contributed by atoms with E-state index in [9.17, 15) is 4.79 Å². The monoisotopic (exact) mass is 346 g/mol. The molecule has 138 valence electrons. The third-order valence-corrected chi connectivity index (χ3v) is 5.25. The molecule has 5 heteroatoms. The molecular weight excluding hydrogens is 316 g/mol.